The Kier molecular flexibility index (Phi) is 71.9. The van der Waals surface area contributed by atoms with Crippen molar-refractivity contribution in [1.82, 2.24) is 5.32 Å². The van der Waals surface area contributed by atoms with Crippen LogP contribution in [0.5, 0.6) is 0 Å². The fourth-order valence-electron chi connectivity index (χ4n) is 12.1. The third-order valence-corrected chi connectivity index (χ3v) is 17.9. The number of aliphatic hydroxyl groups excluding tert-OH is 2. The van der Waals surface area contributed by atoms with Crippen LogP contribution in [-0.2, 0) is 14.3 Å². The number of esters is 1. The van der Waals surface area contributed by atoms with Gasteiger partial charge in [-0.05, 0) is 64.2 Å². The monoisotopic (exact) mass is 1180 g/mol. The number of rotatable bonds is 72. The van der Waals surface area contributed by atoms with Crippen molar-refractivity contribution in [2.24, 2.45) is 0 Å². The summed E-state index contributed by atoms with van der Waals surface area (Å²) in [5.41, 5.74) is 0. The van der Waals surface area contributed by atoms with Crippen molar-refractivity contribution < 1.29 is 24.5 Å². The highest BCUT2D eigenvalue weighted by Crippen LogP contribution is 2.19. The lowest BCUT2D eigenvalue weighted by Crippen LogP contribution is -2.45. The Labute approximate surface area is 525 Å². The van der Waals surface area contributed by atoms with E-state index in [1.165, 1.54) is 347 Å². The second-order valence-electron chi connectivity index (χ2n) is 26.3. The first-order chi connectivity index (χ1) is 41.5. The van der Waals surface area contributed by atoms with Crippen molar-refractivity contribution in [3.05, 3.63) is 36.5 Å². The van der Waals surface area contributed by atoms with Crippen molar-refractivity contribution in [2.75, 3.05) is 13.2 Å². The maximum Gasteiger partial charge on any atom is 0.305 e. The zero-order valence-corrected chi connectivity index (χ0v) is 56.9. The predicted molar refractivity (Wildman–Crippen MR) is 370 cm³/mol. The zero-order valence-electron chi connectivity index (χ0n) is 56.9. The molecule has 0 aliphatic carbocycles. The number of hydrogen-bond donors (Lipinski definition) is 3. The molecule has 6 nitrogen and oxygen atoms in total. The van der Waals surface area contributed by atoms with Crippen molar-refractivity contribution in [1.29, 1.82) is 0 Å². The van der Waals surface area contributed by atoms with Crippen LogP contribution in [0.4, 0.5) is 0 Å². The molecule has 0 aromatic heterocycles. The van der Waals surface area contributed by atoms with Crippen molar-refractivity contribution in [2.45, 2.75) is 437 Å². The minimum absolute atomic E-state index is 0.00878. The van der Waals surface area contributed by atoms with Crippen LogP contribution in [-0.4, -0.2) is 47.4 Å². The molecule has 2 unspecified atom stereocenters. The van der Waals surface area contributed by atoms with E-state index in [1.54, 1.807) is 6.08 Å². The first-order valence-corrected chi connectivity index (χ1v) is 38.3. The van der Waals surface area contributed by atoms with Gasteiger partial charge in [0.05, 0.1) is 25.4 Å². The molecule has 1 amide bonds. The summed E-state index contributed by atoms with van der Waals surface area (Å²) in [7, 11) is 0. The standard InChI is InChI=1S/C78H149NO5/c1-3-5-7-9-11-13-15-17-19-39-43-46-50-54-58-62-66-70-76(81)75(74-80)79-77(82)71-67-63-59-55-51-47-44-40-37-35-33-31-29-27-25-23-21-20-22-24-26-28-30-32-34-36-38-41-45-49-53-57-61-65-69-73-84-78(83)72-68-64-60-56-52-48-42-18-16-14-12-10-8-6-4-2/h12,14,18,42,66,70,75-76,80-81H,3-11,13,15-17,19-41,43-65,67-69,71-74H2,1-2H3,(H,79,82)/b14-12-,42-18-,70-66+. The summed E-state index contributed by atoms with van der Waals surface area (Å²) in [4.78, 5) is 24.6. The third-order valence-electron chi connectivity index (χ3n) is 17.9. The van der Waals surface area contributed by atoms with Gasteiger partial charge in [-0.15, -0.1) is 0 Å². The summed E-state index contributed by atoms with van der Waals surface area (Å²) in [6.07, 6.45) is 95.5. The molecule has 496 valence electrons. The van der Waals surface area contributed by atoms with Crippen LogP contribution in [0.2, 0.25) is 0 Å². The lowest BCUT2D eigenvalue weighted by Gasteiger charge is -2.20. The number of allylic oxidation sites excluding steroid dienone is 5. The van der Waals surface area contributed by atoms with Crippen molar-refractivity contribution >= 4 is 11.9 Å². The smallest absolute Gasteiger partial charge is 0.305 e. The Hall–Kier alpha value is -1.92. The van der Waals surface area contributed by atoms with Gasteiger partial charge in [0.1, 0.15) is 0 Å². The molecule has 0 radical (unpaired) electrons. The molecule has 0 spiro atoms. The highest BCUT2D eigenvalue weighted by Gasteiger charge is 2.18. The van der Waals surface area contributed by atoms with E-state index in [2.05, 4.69) is 43.5 Å². The van der Waals surface area contributed by atoms with Gasteiger partial charge in [0.15, 0.2) is 0 Å². The molecule has 84 heavy (non-hydrogen) atoms. The summed E-state index contributed by atoms with van der Waals surface area (Å²) < 4.78 is 5.49. The van der Waals surface area contributed by atoms with Crippen LogP contribution in [0.1, 0.15) is 425 Å². The lowest BCUT2D eigenvalue weighted by atomic mass is 10.0. The summed E-state index contributed by atoms with van der Waals surface area (Å²) in [6, 6.07) is -0.624. The Morgan fingerprint density at radius 3 is 0.929 bits per heavy atom. The molecule has 3 N–H and O–H groups in total. The fraction of sp³-hybridized carbons (Fsp3) is 0.897. The average Bonchev–Trinajstić information content (AvgIpc) is 3.51. The molecule has 6 heteroatoms. The second kappa shape index (κ2) is 73.5. The van der Waals surface area contributed by atoms with Crippen molar-refractivity contribution in [3.8, 4) is 0 Å². The van der Waals surface area contributed by atoms with E-state index in [0.29, 0.717) is 19.4 Å². The molecule has 0 aromatic rings. The Bertz CT molecular complexity index is 1360. The van der Waals surface area contributed by atoms with Gasteiger partial charge in [0.25, 0.3) is 0 Å². The van der Waals surface area contributed by atoms with Gasteiger partial charge in [-0.3, -0.25) is 9.59 Å². The van der Waals surface area contributed by atoms with Gasteiger partial charge < -0.3 is 20.3 Å². The molecular weight excluding hydrogens is 1030 g/mol. The van der Waals surface area contributed by atoms with Crippen LogP contribution in [0.15, 0.2) is 36.5 Å². The van der Waals surface area contributed by atoms with Crippen LogP contribution in [0.3, 0.4) is 0 Å². The maximum absolute atomic E-state index is 12.5. The molecule has 0 saturated heterocycles. The number of ether oxygens (including phenoxy) is 1. The summed E-state index contributed by atoms with van der Waals surface area (Å²) >= 11 is 0. The molecule has 0 saturated carbocycles. The number of unbranched alkanes of at least 4 members (excludes halogenated alkanes) is 57. The Morgan fingerprint density at radius 1 is 0.333 bits per heavy atom. The molecule has 2 atom stereocenters. The average molecular weight is 1180 g/mol. The Balaban J connectivity index is 3.33. The van der Waals surface area contributed by atoms with Crippen LogP contribution in [0.25, 0.3) is 0 Å². The summed E-state index contributed by atoms with van der Waals surface area (Å²) in [6.45, 7) is 4.91. The van der Waals surface area contributed by atoms with E-state index >= 15 is 0 Å². The highest BCUT2D eigenvalue weighted by molar-refractivity contribution is 5.76. The SMILES string of the molecule is CCCCC/C=C\C/C=C\CCCCCCCC(=O)OCCCCCCCCCCCCCCCCCCCCCCCCCCCCCCCCCCCCCC(=O)NC(CO)C(O)/C=C/CCCCCCCCCCCCCCCCC. The molecule has 0 aliphatic heterocycles. The highest BCUT2D eigenvalue weighted by atomic mass is 16.5. The second-order valence-corrected chi connectivity index (χ2v) is 26.3. The third kappa shape index (κ3) is 69.2. The number of carbonyl (C=O) groups is 2. The van der Waals surface area contributed by atoms with Gasteiger partial charge >= 0.3 is 5.97 Å². The minimum atomic E-state index is -0.841. The number of aliphatic hydroxyl groups is 2. The maximum atomic E-state index is 12.5. The van der Waals surface area contributed by atoms with Crippen LogP contribution in [0, 0.1) is 0 Å². The molecule has 0 aliphatic rings. The van der Waals surface area contributed by atoms with Gasteiger partial charge in [0, 0.05) is 12.8 Å². The van der Waals surface area contributed by atoms with Gasteiger partial charge in [-0.25, -0.2) is 0 Å². The molecular formula is C78H149NO5. The van der Waals surface area contributed by atoms with E-state index in [4.69, 9.17) is 4.74 Å². The molecule has 0 aromatic carbocycles. The van der Waals surface area contributed by atoms with E-state index < -0.39 is 12.1 Å². The van der Waals surface area contributed by atoms with E-state index in [0.717, 1.165) is 51.4 Å². The van der Waals surface area contributed by atoms with Gasteiger partial charge in [-0.1, -0.05) is 384 Å². The normalized spacial score (nSPS) is 12.7. The van der Waals surface area contributed by atoms with E-state index in [-0.39, 0.29) is 18.5 Å². The van der Waals surface area contributed by atoms with E-state index in [1.807, 2.05) is 6.08 Å². The predicted octanol–water partition coefficient (Wildman–Crippen LogP) is 25.0. The molecule has 0 rings (SSSR count). The fourth-order valence-corrected chi connectivity index (χ4v) is 12.1. The van der Waals surface area contributed by atoms with E-state index in [9.17, 15) is 19.8 Å². The number of carbonyl (C=O) groups excluding carboxylic acids is 2. The summed E-state index contributed by atoms with van der Waals surface area (Å²) in [5, 5.41) is 23.2. The summed E-state index contributed by atoms with van der Waals surface area (Å²) in [5.74, 6) is -0.0506. The van der Waals surface area contributed by atoms with Crippen molar-refractivity contribution in [3.63, 3.8) is 0 Å². The minimum Gasteiger partial charge on any atom is -0.466 e. The molecule has 0 fully saturated rings. The molecule has 0 heterocycles. The molecule has 0 bridgehead atoms. The van der Waals surface area contributed by atoms with Gasteiger partial charge in [0.2, 0.25) is 5.91 Å². The van der Waals surface area contributed by atoms with Crippen LogP contribution < -0.4 is 5.32 Å². The first-order valence-electron chi connectivity index (χ1n) is 38.3. The lowest BCUT2D eigenvalue weighted by molar-refractivity contribution is -0.143. The van der Waals surface area contributed by atoms with Crippen LogP contribution >= 0.6 is 0 Å². The first kappa shape index (κ1) is 82.1. The zero-order chi connectivity index (χ0) is 60.6. The number of hydrogen-bond acceptors (Lipinski definition) is 5. The Morgan fingerprint density at radius 2 is 0.595 bits per heavy atom. The number of amides is 1. The largest absolute Gasteiger partial charge is 0.466 e. The quantitative estimate of drug-likeness (QED) is 0.0320. The topological polar surface area (TPSA) is 95.9 Å². The van der Waals surface area contributed by atoms with Gasteiger partial charge in [-0.2, -0.15) is 0 Å². The number of nitrogens with one attached hydrogen (secondary N) is 1.